The number of rotatable bonds is 6. The van der Waals surface area contributed by atoms with Gasteiger partial charge in [0.1, 0.15) is 29.1 Å². The lowest BCUT2D eigenvalue weighted by Gasteiger charge is -2.16. The van der Waals surface area contributed by atoms with Crippen molar-refractivity contribution in [1.29, 1.82) is 0 Å². The highest BCUT2D eigenvalue weighted by Gasteiger charge is 2.43. The Balaban J connectivity index is 0.000000167. The molecule has 0 radical (unpaired) electrons. The third-order valence-corrected chi connectivity index (χ3v) is 9.73. The Morgan fingerprint density at radius 2 is 1.17 bits per heavy atom. The van der Waals surface area contributed by atoms with Gasteiger partial charge < -0.3 is 16.4 Å². The summed E-state index contributed by atoms with van der Waals surface area (Å²) in [5, 5.41) is 14.3. The quantitative estimate of drug-likeness (QED) is 0.187. The normalized spacial score (nSPS) is 14.9. The van der Waals surface area contributed by atoms with Crippen molar-refractivity contribution in [3.05, 3.63) is 128 Å². The zero-order valence-corrected chi connectivity index (χ0v) is 30.4. The number of aromatic amines is 1. The van der Waals surface area contributed by atoms with E-state index in [-0.39, 0.29) is 52.5 Å². The van der Waals surface area contributed by atoms with Gasteiger partial charge in [-0.05, 0) is 75.9 Å². The van der Waals surface area contributed by atoms with Gasteiger partial charge in [0.15, 0.2) is 0 Å². The minimum Gasteiger partial charge on any atom is -0.383 e. The van der Waals surface area contributed by atoms with Crippen molar-refractivity contribution in [1.82, 2.24) is 39.5 Å². The predicted molar refractivity (Wildman–Crippen MR) is 197 cm³/mol. The maximum Gasteiger partial charge on any atom is 0.258 e. The molecule has 5 N–H and O–H groups in total. The number of fused-ring (bicyclic) bond motifs is 2. The highest BCUT2D eigenvalue weighted by Crippen LogP contribution is 2.39. The molecule has 0 bridgehead atoms. The number of benzene rings is 2. The monoisotopic (exact) mass is 733 g/mol. The first-order valence-electron chi connectivity index (χ1n) is 17.1. The number of anilines is 3. The van der Waals surface area contributed by atoms with E-state index in [0.29, 0.717) is 52.3 Å². The molecule has 4 aromatic heterocycles. The van der Waals surface area contributed by atoms with Gasteiger partial charge in [-0.2, -0.15) is 25.1 Å². The zero-order chi connectivity index (χ0) is 38.7. The second-order valence-electron chi connectivity index (χ2n) is 14.3. The molecule has 2 aromatic carbocycles. The van der Waals surface area contributed by atoms with E-state index in [1.54, 1.807) is 76.5 Å². The molecule has 6 aromatic rings. The fraction of sp³-hybridized carbons (Fsp3) is 0.263. The van der Waals surface area contributed by atoms with Gasteiger partial charge in [0, 0.05) is 25.2 Å². The molecule has 0 saturated carbocycles. The van der Waals surface area contributed by atoms with Crippen LogP contribution >= 0.6 is 0 Å². The lowest BCUT2D eigenvalue weighted by Crippen LogP contribution is -2.31. The molecule has 276 valence electrons. The largest absolute Gasteiger partial charge is 0.383 e. The van der Waals surface area contributed by atoms with E-state index in [1.165, 1.54) is 21.5 Å². The Hall–Kier alpha value is -6.58. The van der Waals surface area contributed by atoms with Crippen molar-refractivity contribution in [2.45, 2.75) is 65.2 Å². The first-order valence-corrected chi connectivity index (χ1v) is 17.1. The molecular weight excluding hydrogens is 696 g/mol. The SMILES string of the molecule is Cc1cn(-c2nc(N)c3c(n2)NC(=O)C3(C)C)nc1Cc1ccccc1F.Cc1cn(-c2nc3c(c(=O)[nH]2)C(C)(C)C(=O)N3)nc1Cc1ccccc1F. The van der Waals surface area contributed by atoms with E-state index < -0.39 is 10.8 Å². The van der Waals surface area contributed by atoms with Crippen LogP contribution < -0.4 is 21.9 Å². The Morgan fingerprint density at radius 1 is 0.685 bits per heavy atom. The average molecular weight is 734 g/mol. The summed E-state index contributed by atoms with van der Waals surface area (Å²) >= 11 is 0. The number of nitrogens with two attached hydrogens (primary N) is 1. The van der Waals surface area contributed by atoms with E-state index in [1.807, 2.05) is 13.8 Å². The van der Waals surface area contributed by atoms with Gasteiger partial charge in [-0.25, -0.2) is 18.1 Å². The number of hydrogen-bond donors (Lipinski definition) is 4. The summed E-state index contributed by atoms with van der Waals surface area (Å²) in [6.45, 7) is 10.7. The molecular formula is C38H37F2N11O3. The van der Waals surface area contributed by atoms with Crippen molar-refractivity contribution >= 4 is 29.3 Å². The lowest BCUT2D eigenvalue weighted by molar-refractivity contribution is -0.120. The summed E-state index contributed by atoms with van der Waals surface area (Å²) in [6.07, 6.45) is 4.15. The van der Waals surface area contributed by atoms with Crippen LogP contribution in [0.25, 0.3) is 11.9 Å². The Morgan fingerprint density at radius 3 is 1.72 bits per heavy atom. The number of aromatic nitrogens is 8. The van der Waals surface area contributed by atoms with Crippen LogP contribution in [0.15, 0.2) is 65.7 Å². The van der Waals surface area contributed by atoms with Crippen LogP contribution in [0.1, 0.15) is 72.5 Å². The second-order valence-corrected chi connectivity index (χ2v) is 14.3. The first-order chi connectivity index (χ1) is 25.5. The minimum atomic E-state index is -0.940. The number of nitrogens with zero attached hydrogens (tertiary/aromatic N) is 7. The molecule has 8 rings (SSSR count). The molecule has 0 fully saturated rings. The summed E-state index contributed by atoms with van der Waals surface area (Å²) in [4.78, 5) is 52.5. The number of halogens is 2. The molecule has 0 saturated heterocycles. The van der Waals surface area contributed by atoms with E-state index >= 15 is 0 Å². The zero-order valence-electron chi connectivity index (χ0n) is 30.4. The molecule has 0 unspecified atom stereocenters. The number of hydrogen-bond acceptors (Lipinski definition) is 9. The molecule has 54 heavy (non-hydrogen) atoms. The van der Waals surface area contributed by atoms with Gasteiger partial charge in [-0.3, -0.25) is 19.4 Å². The third kappa shape index (κ3) is 6.28. The highest BCUT2D eigenvalue weighted by atomic mass is 19.1. The van der Waals surface area contributed by atoms with Crippen molar-refractivity contribution in [2.75, 3.05) is 16.4 Å². The summed E-state index contributed by atoms with van der Waals surface area (Å²) in [5.74, 6) is 0.324. The fourth-order valence-corrected chi connectivity index (χ4v) is 6.47. The fourth-order valence-electron chi connectivity index (χ4n) is 6.47. The summed E-state index contributed by atoms with van der Waals surface area (Å²) < 4.78 is 30.8. The minimum absolute atomic E-state index is 0.174. The summed E-state index contributed by atoms with van der Waals surface area (Å²) in [7, 11) is 0. The molecule has 2 aliphatic rings. The van der Waals surface area contributed by atoms with Crippen molar-refractivity contribution in [2.24, 2.45) is 0 Å². The van der Waals surface area contributed by atoms with Gasteiger partial charge >= 0.3 is 0 Å². The van der Waals surface area contributed by atoms with E-state index in [9.17, 15) is 23.2 Å². The Labute approximate surface area is 307 Å². The number of aryl methyl sites for hydroxylation is 2. The second kappa shape index (κ2) is 13.1. The molecule has 6 heterocycles. The standard InChI is InChI=1S/C19H19FN6O.C19H18FN5O2/c1-10-9-26(25-13(10)8-11-6-4-5-7-12(11)20)18-22-15(21)14-16(24-18)23-17(27)19(14,2)3;1-10-9-25(24-13(10)8-11-6-4-5-7-12(11)20)18-22-15-14(16(26)23-18)19(2,3)17(27)21-15/h4-7,9H,8H2,1-3H3,(H3,21,22,23,24,27);4-7,9H,8H2,1-3H3,(H2,21,22,23,26,27). The van der Waals surface area contributed by atoms with E-state index in [2.05, 4.69) is 40.8 Å². The topological polar surface area (TPSA) is 191 Å². The van der Waals surface area contributed by atoms with Crippen LogP contribution in [0.4, 0.5) is 26.2 Å². The van der Waals surface area contributed by atoms with E-state index in [0.717, 1.165) is 11.1 Å². The van der Waals surface area contributed by atoms with Gasteiger partial charge in [0.25, 0.3) is 11.5 Å². The maximum atomic E-state index is 13.9. The summed E-state index contributed by atoms with van der Waals surface area (Å²) in [5.41, 5.74) is 9.10. The maximum absolute atomic E-state index is 13.9. The van der Waals surface area contributed by atoms with Gasteiger partial charge in [-0.15, -0.1) is 0 Å². The Bertz CT molecular complexity index is 2550. The van der Waals surface area contributed by atoms with Gasteiger partial charge in [0.2, 0.25) is 17.8 Å². The number of carbonyl (C=O) groups is 2. The Kier molecular flexibility index (Phi) is 8.70. The van der Waals surface area contributed by atoms with Crippen LogP contribution in [0.5, 0.6) is 0 Å². The number of amides is 2. The van der Waals surface area contributed by atoms with Crippen molar-refractivity contribution in [3.63, 3.8) is 0 Å². The van der Waals surface area contributed by atoms with Gasteiger partial charge in [-0.1, -0.05) is 36.4 Å². The van der Waals surface area contributed by atoms with Crippen LogP contribution in [-0.4, -0.2) is 51.3 Å². The molecule has 16 heteroatoms. The molecule has 0 spiro atoms. The van der Waals surface area contributed by atoms with Crippen molar-refractivity contribution < 1.29 is 18.4 Å². The van der Waals surface area contributed by atoms with Crippen molar-refractivity contribution in [3.8, 4) is 11.9 Å². The molecule has 2 amide bonds. The molecule has 0 atom stereocenters. The van der Waals surface area contributed by atoms with Crippen LogP contribution in [-0.2, 0) is 33.3 Å². The third-order valence-electron chi connectivity index (χ3n) is 9.73. The first kappa shape index (κ1) is 35.8. The van der Waals surface area contributed by atoms with Crippen LogP contribution in [0.2, 0.25) is 0 Å². The number of H-pyrrole nitrogens is 1. The molecule has 0 aliphatic carbocycles. The van der Waals surface area contributed by atoms with Crippen LogP contribution in [0, 0.1) is 25.5 Å². The molecule has 14 nitrogen and oxygen atoms in total. The smallest absolute Gasteiger partial charge is 0.258 e. The number of carbonyl (C=O) groups excluding carboxylic acids is 2. The summed E-state index contributed by atoms with van der Waals surface area (Å²) in [6, 6.07) is 13.1. The number of nitrogen functional groups attached to an aromatic ring is 1. The average Bonchev–Trinajstić information content (AvgIpc) is 3.80. The highest BCUT2D eigenvalue weighted by molar-refractivity contribution is 6.06. The van der Waals surface area contributed by atoms with Gasteiger partial charge in [0.05, 0.1) is 33.3 Å². The lowest BCUT2D eigenvalue weighted by atomic mass is 9.87. The predicted octanol–water partition coefficient (Wildman–Crippen LogP) is 4.74. The number of nitrogens with one attached hydrogen (secondary N) is 3. The van der Waals surface area contributed by atoms with Crippen LogP contribution in [0.3, 0.4) is 0 Å². The molecule has 2 aliphatic heterocycles. The van der Waals surface area contributed by atoms with E-state index in [4.69, 9.17) is 5.73 Å².